The summed E-state index contributed by atoms with van der Waals surface area (Å²) in [6.45, 7) is 8.36. The Kier molecular flexibility index (Phi) is 3.18. The van der Waals surface area contributed by atoms with Crippen molar-refractivity contribution in [2.75, 3.05) is 6.61 Å². The van der Waals surface area contributed by atoms with Crippen LogP contribution in [0.15, 0.2) is 30.5 Å². The molecule has 2 rings (SSSR count). The first kappa shape index (κ1) is 11.7. The minimum Gasteiger partial charge on any atom is -0.449 e. The Morgan fingerprint density at radius 1 is 1.41 bits per heavy atom. The third-order valence-corrected chi connectivity index (χ3v) is 2.53. The molecule has 1 radical (unpaired) electrons. The number of carbonyl (C=O) groups excluding carboxylic acids is 1. The molecule has 3 nitrogen and oxygen atoms in total. The van der Waals surface area contributed by atoms with Crippen LogP contribution in [0.2, 0.25) is 0 Å². The van der Waals surface area contributed by atoms with Crippen LogP contribution in [0.25, 0.3) is 10.9 Å². The van der Waals surface area contributed by atoms with Crippen LogP contribution in [0.3, 0.4) is 0 Å². The molecule has 3 heteroatoms. The molecule has 1 aromatic heterocycles. The maximum atomic E-state index is 11.9. The lowest BCUT2D eigenvalue weighted by atomic mass is 10.2. The van der Waals surface area contributed by atoms with Gasteiger partial charge in [0.05, 0.1) is 12.1 Å². The second kappa shape index (κ2) is 4.62. The normalized spacial score (nSPS) is 11.1. The van der Waals surface area contributed by atoms with E-state index < -0.39 is 0 Å². The summed E-state index contributed by atoms with van der Waals surface area (Å²) in [6.07, 6.45) is 1.37. The van der Waals surface area contributed by atoms with Gasteiger partial charge in [0.25, 0.3) is 0 Å². The molecule has 0 N–H and O–H groups in total. The summed E-state index contributed by atoms with van der Waals surface area (Å²) in [5, 5.41) is 0.981. The van der Waals surface area contributed by atoms with E-state index >= 15 is 0 Å². The van der Waals surface area contributed by atoms with Gasteiger partial charge < -0.3 is 4.74 Å². The molecule has 0 amide bonds. The summed E-state index contributed by atoms with van der Waals surface area (Å²) in [7, 11) is 0. The lowest BCUT2D eigenvalue weighted by molar-refractivity contribution is 0.135. The molecule has 1 aromatic carbocycles. The van der Waals surface area contributed by atoms with Gasteiger partial charge >= 0.3 is 6.09 Å². The molecule has 1 heterocycles. The van der Waals surface area contributed by atoms with Crippen molar-refractivity contribution < 1.29 is 9.53 Å². The van der Waals surface area contributed by atoms with E-state index in [0.717, 1.165) is 16.5 Å². The number of rotatable bonds is 2. The largest absolute Gasteiger partial charge is 0.449 e. The first-order valence-corrected chi connectivity index (χ1v) is 5.68. The molecule has 0 aliphatic carbocycles. The monoisotopic (exact) mass is 230 g/mol. The molecule has 2 aromatic rings. The predicted molar refractivity (Wildman–Crippen MR) is 68.0 cm³/mol. The Labute approximate surface area is 101 Å². The molecule has 0 unspecified atom stereocenters. The van der Waals surface area contributed by atoms with E-state index in [9.17, 15) is 4.79 Å². The number of ether oxygens (including phenoxy) is 1. The highest BCUT2D eigenvalue weighted by Crippen LogP contribution is 2.20. The Hall–Kier alpha value is -1.77. The zero-order chi connectivity index (χ0) is 12.4. The van der Waals surface area contributed by atoms with Gasteiger partial charge in [0.15, 0.2) is 0 Å². The Morgan fingerprint density at radius 2 is 2.12 bits per heavy atom. The van der Waals surface area contributed by atoms with Crippen LogP contribution in [0, 0.1) is 12.8 Å². The summed E-state index contributed by atoms with van der Waals surface area (Å²) in [5.74, 6) is 0.333. The quantitative estimate of drug-likeness (QED) is 0.791. The average Bonchev–Trinajstić information content (AvgIpc) is 2.65. The maximum Gasteiger partial charge on any atom is 0.418 e. The number of aromatic nitrogens is 1. The second-order valence-corrected chi connectivity index (χ2v) is 4.51. The molecule has 0 bridgehead atoms. The van der Waals surface area contributed by atoms with Crippen LogP contribution >= 0.6 is 0 Å². The van der Waals surface area contributed by atoms with Gasteiger partial charge in [-0.2, -0.15) is 0 Å². The molecule has 0 aliphatic heterocycles. The van der Waals surface area contributed by atoms with E-state index in [0.29, 0.717) is 12.5 Å². The lowest BCUT2D eigenvalue weighted by Gasteiger charge is -2.08. The van der Waals surface area contributed by atoms with Crippen molar-refractivity contribution in [1.29, 1.82) is 0 Å². The molecular weight excluding hydrogens is 214 g/mol. The SMILES string of the molecule is [CH2]c1cn(C(=O)OCC(C)C)c2ccccc12. The zero-order valence-electron chi connectivity index (χ0n) is 10.1. The maximum absolute atomic E-state index is 11.9. The minimum absolute atomic E-state index is 0.333. The van der Waals surface area contributed by atoms with Gasteiger partial charge in [-0.25, -0.2) is 4.79 Å². The highest BCUT2D eigenvalue weighted by atomic mass is 16.5. The van der Waals surface area contributed by atoms with E-state index in [4.69, 9.17) is 4.74 Å². The third-order valence-electron chi connectivity index (χ3n) is 2.53. The molecule has 0 fully saturated rings. The van der Waals surface area contributed by atoms with Crippen molar-refractivity contribution >= 4 is 17.0 Å². The van der Waals surface area contributed by atoms with Crippen LogP contribution in [0.1, 0.15) is 19.4 Å². The molecule has 0 saturated heterocycles. The number of benzene rings is 1. The van der Waals surface area contributed by atoms with E-state index in [1.807, 2.05) is 38.1 Å². The summed E-state index contributed by atoms with van der Waals surface area (Å²) in [4.78, 5) is 11.9. The number of fused-ring (bicyclic) bond motifs is 1. The lowest BCUT2D eigenvalue weighted by Crippen LogP contribution is -2.15. The smallest absolute Gasteiger partial charge is 0.418 e. The molecule has 0 atom stereocenters. The minimum atomic E-state index is -0.343. The van der Waals surface area contributed by atoms with Gasteiger partial charge in [-0.1, -0.05) is 32.0 Å². The van der Waals surface area contributed by atoms with Gasteiger partial charge in [-0.15, -0.1) is 0 Å². The van der Waals surface area contributed by atoms with E-state index in [1.165, 1.54) is 4.57 Å². The van der Waals surface area contributed by atoms with E-state index in [2.05, 4.69) is 6.92 Å². The van der Waals surface area contributed by atoms with Crippen molar-refractivity contribution in [3.05, 3.63) is 42.9 Å². The standard InChI is InChI=1S/C14H16NO2/c1-10(2)9-17-14(16)15-8-11(3)12-6-4-5-7-13(12)15/h4-8,10H,3,9H2,1-2H3. The zero-order valence-corrected chi connectivity index (χ0v) is 10.1. The first-order chi connectivity index (χ1) is 8.09. The molecular formula is C14H16NO2. The van der Waals surface area contributed by atoms with Gasteiger partial charge in [0.1, 0.15) is 0 Å². The molecule has 17 heavy (non-hydrogen) atoms. The molecule has 0 spiro atoms. The first-order valence-electron chi connectivity index (χ1n) is 5.68. The predicted octanol–water partition coefficient (Wildman–Crippen LogP) is 3.46. The summed E-state index contributed by atoms with van der Waals surface area (Å²) < 4.78 is 6.72. The number of carbonyl (C=O) groups is 1. The summed E-state index contributed by atoms with van der Waals surface area (Å²) >= 11 is 0. The highest BCUT2D eigenvalue weighted by molar-refractivity contribution is 5.92. The van der Waals surface area contributed by atoms with Gasteiger partial charge in [-0.05, 0) is 24.5 Å². The number of nitrogens with zero attached hydrogens (tertiary/aromatic N) is 1. The Morgan fingerprint density at radius 3 is 2.82 bits per heavy atom. The molecule has 0 aliphatic rings. The average molecular weight is 230 g/mol. The third kappa shape index (κ3) is 2.33. The summed E-state index contributed by atoms with van der Waals surface area (Å²) in [5.41, 5.74) is 1.67. The van der Waals surface area contributed by atoms with Crippen molar-refractivity contribution in [1.82, 2.24) is 4.57 Å². The number of hydrogen-bond donors (Lipinski definition) is 0. The molecule has 89 valence electrons. The molecule has 0 saturated carbocycles. The summed E-state index contributed by atoms with van der Waals surface area (Å²) in [6, 6.07) is 7.67. The van der Waals surface area contributed by atoms with E-state index in [-0.39, 0.29) is 6.09 Å². The van der Waals surface area contributed by atoms with Crippen molar-refractivity contribution in [3.8, 4) is 0 Å². The van der Waals surface area contributed by atoms with Gasteiger partial charge in [0, 0.05) is 11.6 Å². The van der Waals surface area contributed by atoms with Crippen LogP contribution in [-0.4, -0.2) is 17.3 Å². The fourth-order valence-corrected chi connectivity index (χ4v) is 1.71. The van der Waals surface area contributed by atoms with Crippen molar-refractivity contribution in [3.63, 3.8) is 0 Å². The Bertz CT molecular complexity index is 540. The number of hydrogen-bond acceptors (Lipinski definition) is 2. The van der Waals surface area contributed by atoms with Crippen LogP contribution < -0.4 is 0 Å². The highest BCUT2D eigenvalue weighted by Gasteiger charge is 2.12. The topological polar surface area (TPSA) is 31.2 Å². The van der Waals surface area contributed by atoms with E-state index in [1.54, 1.807) is 6.20 Å². The van der Waals surface area contributed by atoms with Gasteiger partial charge in [0.2, 0.25) is 0 Å². The fraction of sp³-hybridized carbons (Fsp3) is 0.286. The Balaban J connectivity index is 2.32. The van der Waals surface area contributed by atoms with Crippen molar-refractivity contribution in [2.24, 2.45) is 5.92 Å². The van der Waals surface area contributed by atoms with Crippen LogP contribution in [-0.2, 0) is 4.74 Å². The van der Waals surface area contributed by atoms with Crippen molar-refractivity contribution in [2.45, 2.75) is 13.8 Å². The second-order valence-electron chi connectivity index (χ2n) is 4.51. The van der Waals surface area contributed by atoms with Gasteiger partial charge in [-0.3, -0.25) is 4.57 Å². The van der Waals surface area contributed by atoms with Crippen LogP contribution in [0.4, 0.5) is 4.79 Å². The number of para-hydroxylation sites is 1. The van der Waals surface area contributed by atoms with Crippen LogP contribution in [0.5, 0.6) is 0 Å². The fourth-order valence-electron chi connectivity index (χ4n) is 1.71.